The molecule has 0 aliphatic rings. The number of nitrogens with one attached hydrogen (secondary N) is 1. The highest BCUT2D eigenvalue weighted by atomic mass is 32.2. The van der Waals surface area contributed by atoms with Crippen molar-refractivity contribution in [2.75, 3.05) is 0 Å². The number of fused-ring (bicyclic) bond motifs is 1. The van der Waals surface area contributed by atoms with Gasteiger partial charge in [-0.15, -0.1) is 0 Å². The molecule has 0 radical (unpaired) electrons. The lowest BCUT2D eigenvalue weighted by Gasteiger charge is -2.02. The van der Waals surface area contributed by atoms with Crippen molar-refractivity contribution >= 4 is 22.8 Å². The first kappa shape index (κ1) is 13.2. The van der Waals surface area contributed by atoms with Crippen molar-refractivity contribution in [3.63, 3.8) is 0 Å². The lowest BCUT2D eigenvalue weighted by atomic mass is 10.1. The van der Waals surface area contributed by atoms with Gasteiger partial charge in [0.25, 0.3) is 0 Å². The number of rotatable bonds is 2. The molecule has 0 unspecified atom stereocenters. The summed E-state index contributed by atoms with van der Waals surface area (Å²) in [6, 6.07) is 15.4. The molecule has 0 spiro atoms. The summed E-state index contributed by atoms with van der Waals surface area (Å²) in [5.41, 5.74) is 3.77. The van der Waals surface area contributed by atoms with E-state index in [9.17, 15) is 5.26 Å². The van der Waals surface area contributed by atoms with Crippen LogP contribution in [-0.4, -0.2) is 9.97 Å². The molecule has 100 valence electrons. The largest absolute Gasteiger partial charge is 0.333 e. The number of aromatic nitrogens is 2. The Morgan fingerprint density at radius 1 is 1.14 bits per heavy atom. The molecule has 21 heavy (non-hydrogen) atoms. The highest BCUT2D eigenvalue weighted by molar-refractivity contribution is 7.99. The number of nitrogens with zero attached hydrogens (tertiary/aromatic N) is 3. The van der Waals surface area contributed by atoms with Crippen molar-refractivity contribution in [3.05, 3.63) is 53.1 Å². The van der Waals surface area contributed by atoms with E-state index < -0.39 is 0 Å². The van der Waals surface area contributed by atoms with Gasteiger partial charge >= 0.3 is 0 Å². The fraction of sp³-hybridized carbons (Fsp3) is 0.0625. The van der Waals surface area contributed by atoms with E-state index in [2.05, 4.69) is 16.0 Å². The van der Waals surface area contributed by atoms with Gasteiger partial charge in [-0.1, -0.05) is 23.9 Å². The molecule has 0 bridgehead atoms. The van der Waals surface area contributed by atoms with Crippen LogP contribution in [0.5, 0.6) is 0 Å². The molecule has 0 saturated heterocycles. The minimum atomic E-state index is 0.384. The molecule has 5 heteroatoms. The summed E-state index contributed by atoms with van der Waals surface area (Å²) in [5.74, 6) is 0. The molecule has 3 rings (SSSR count). The molecule has 0 aliphatic heterocycles. The Hall–Kier alpha value is -2.76. The Morgan fingerprint density at radius 3 is 2.76 bits per heavy atom. The summed E-state index contributed by atoms with van der Waals surface area (Å²) in [6.07, 6.45) is 0. The van der Waals surface area contributed by atoms with Gasteiger partial charge in [-0.05, 0) is 36.8 Å². The number of nitriles is 2. The highest BCUT2D eigenvalue weighted by Crippen LogP contribution is 2.31. The lowest BCUT2D eigenvalue weighted by Crippen LogP contribution is -1.87. The second-order valence-electron chi connectivity index (χ2n) is 4.57. The number of aryl methyl sites for hydroxylation is 1. The lowest BCUT2D eigenvalue weighted by molar-refractivity contribution is 1.08. The third-order valence-electron chi connectivity index (χ3n) is 3.08. The number of hydrogen-bond donors (Lipinski definition) is 1. The van der Waals surface area contributed by atoms with Crippen LogP contribution in [0.15, 0.2) is 46.5 Å². The quantitative estimate of drug-likeness (QED) is 0.779. The van der Waals surface area contributed by atoms with Crippen LogP contribution in [0.2, 0.25) is 0 Å². The molecule has 2 aromatic carbocycles. The second kappa shape index (κ2) is 5.32. The van der Waals surface area contributed by atoms with Crippen molar-refractivity contribution < 1.29 is 0 Å². The van der Waals surface area contributed by atoms with Gasteiger partial charge in [-0.25, -0.2) is 4.98 Å². The first-order chi connectivity index (χ1) is 10.2. The maximum absolute atomic E-state index is 9.24. The van der Waals surface area contributed by atoms with Crippen LogP contribution in [0.3, 0.4) is 0 Å². The van der Waals surface area contributed by atoms with Crippen molar-refractivity contribution in [3.8, 4) is 12.1 Å². The smallest absolute Gasteiger partial charge is 0.171 e. The maximum atomic E-state index is 9.24. The Morgan fingerprint density at radius 2 is 2.00 bits per heavy atom. The molecular weight excluding hydrogens is 280 g/mol. The molecule has 1 N–H and O–H groups in total. The van der Waals surface area contributed by atoms with Crippen molar-refractivity contribution in [2.45, 2.75) is 17.0 Å². The minimum absolute atomic E-state index is 0.384. The summed E-state index contributed by atoms with van der Waals surface area (Å²) in [6.45, 7) is 2.02. The van der Waals surface area contributed by atoms with Crippen LogP contribution in [0.25, 0.3) is 11.0 Å². The van der Waals surface area contributed by atoms with Crippen LogP contribution < -0.4 is 0 Å². The minimum Gasteiger partial charge on any atom is -0.333 e. The Balaban J connectivity index is 2.03. The summed E-state index contributed by atoms with van der Waals surface area (Å²) >= 11 is 1.36. The van der Waals surface area contributed by atoms with Gasteiger partial charge in [0.05, 0.1) is 22.2 Å². The van der Waals surface area contributed by atoms with E-state index in [1.807, 2.05) is 37.3 Å². The molecule has 0 amide bonds. The fourth-order valence-corrected chi connectivity index (χ4v) is 2.99. The summed E-state index contributed by atoms with van der Waals surface area (Å²) < 4.78 is 0. The van der Waals surface area contributed by atoms with E-state index in [4.69, 9.17) is 5.26 Å². The predicted octanol–water partition coefficient (Wildman–Crippen LogP) is 3.77. The van der Waals surface area contributed by atoms with Crippen LogP contribution in [0, 0.1) is 29.6 Å². The predicted molar refractivity (Wildman–Crippen MR) is 80.8 cm³/mol. The maximum Gasteiger partial charge on any atom is 0.171 e. The number of hydrogen-bond acceptors (Lipinski definition) is 4. The number of benzene rings is 2. The van der Waals surface area contributed by atoms with Gasteiger partial charge in [0, 0.05) is 4.90 Å². The van der Waals surface area contributed by atoms with Crippen LogP contribution in [0.1, 0.15) is 16.7 Å². The average Bonchev–Trinajstić information content (AvgIpc) is 2.88. The SMILES string of the molecule is Cc1ccc2[nH]c(Sc3cccc(C#N)c3C#N)nc2c1. The molecule has 0 atom stereocenters. The topological polar surface area (TPSA) is 76.3 Å². The zero-order chi connectivity index (χ0) is 14.8. The van der Waals surface area contributed by atoms with Crippen LogP contribution >= 0.6 is 11.8 Å². The molecule has 1 aromatic heterocycles. The first-order valence-electron chi connectivity index (χ1n) is 6.28. The van der Waals surface area contributed by atoms with E-state index in [0.717, 1.165) is 21.5 Å². The normalized spacial score (nSPS) is 10.2. The third kappa shape index (κ3) is 2.47. The van der Waals surface area contributed by atoms with E-state index in [-0.39, 0.29) is 0 Å². The molecule has 1 heterocycles. The second-order valence-corrected chi connectivity index (χ2v) is 5.60. The molecule has 4 nitrogen and oxygen atoms in total. The van der Waals surface area contributed by atoms with Crippen molar-refractivity contribution in [1.29, 1.82) is 10.5 Å². The van der Waals surface area contributed by atoms with Crippen molar-refractivity contribution in [1.82, 2.24) is 9.97 Å². The number of imidazole rings is 1. The van der Waals surface area contributed by atoms with Gasteiger partial charge < -0.3 is 4.98 Å². The highest BCUT2D eigenvalue weighted by Gasteiger charge is 2.11. The van der Waals surface area contributed by atoms with E-state index in [0.29, 0.717) is 16.3 Å². The Kier molecular flexibility index (Phi) is 3.35. The van der Waals surface area contributed by atoms with E-state index in [1.54, 1.807) is 12.1 Å². The van der Waals surface area contributed by atoms with E-state index in [1.165, 1.54) is 11.8 Å². The molecule has 0 fully saturated rings. The van der Waals surface area contributed by atoms with Crippen LogP contribution in [0.4, 0.5) is 0 Å². The van der Waals surface area contributed by atoms with Crippen molar-refractivity contribution in [2.24, 2.45) is 0 Å². The van der Waals surface area contributed by atoms with E-state index >= 15 is 0 Å². The Bertz CT molecular complexity index is 912. The van der Waals surface area contributed by atoms with Gasteiger partial charge in [0.15, 0.2) is 5.16 Å². The molecule has 0 saturated carbocycles. The zero-order valence-corrected chi connectivity index (χ0v) is 12.0. The van der Waals surface area contributed by atoms with Gasteiger partial charge in [0.1, 0.15) is 12.1 Å². The van der Waals surface area contributed by atoms with Gasteiger partial charge in [0.2, 0.25) is 0 Å². The fourth-order valence-electron chi connectivity index (χ4n) is 2.07. The summed E-state index contributed by atoms with van der Waals surface area (Å²) in [5, 5.41) is 19.0. The molecular formula is C16H10N4S. The number of H-pyrrole nitrogens is 1. The standard InChI is InChI=1S/C16H10N4S/c1-10-5-6-13-14(7-10)20-16(19-13)21-15-4-2-3-11(8-17)12(15)9-18/h2-7H,1H3,(H,19,20). The average molecular weight is 290 g/mol. The number of aromatic amines is 1. The Labute approximate surface area is 126 Å². The van der Waals surface area contributed by atoms with Crippen LogP contribution in [-0.2, 0) is 0 Å². The third-order valence-corrected chi connectivity index (χ3v) is 4.03. The molecule has 0 aliphatic carbocycles. The zero-order valence-electron chi connectivity index (χ0n) is 11.2. The summed E-state index contributed by atoms with van der Waals surface area (Å²) in [4.78, 5) is 8.46. The van der Waals surface area contributed by atoms with Gasteiger partial charge in [-0.2, -0.15) is 10.5 Å². The van der Waals surface area contributed by atoms with Gasteiger partial charge in [-0.3, -0.25) is 0 Å². The molecule has 3 aromatic rings. The monoisotopic (exact) mass is 290 g/mol. The summed E-state index contributed by atoms with van der Waals surface area (Å²) in [7, 11) is 0. The first-order valence-corrected chi connectivity index (χ1v) is 7.10.